The van der Waals surface area contributed by atoms with E-state index in [1.165, 1.54) is 6.42 Å². The number of unbranched alkanes of at least 4 members (excludes halogenated alkanes) is 1. The predicted molar refractivity (Wildman–Crippen MR) is 117 cm³/mol. The van der Waals surface area contributed by atoms with Gasteiger partial charge in [-0.3, -0.25) is 4.79 Å². The Morgan fingerprint density at radius 2 is 1.93 bits per heavy atom. The van der Waals surface area contributed by atoms with Crippen molar-refractivity contribution in [3.05, 3.63) is 40.9 Å². The number of sulfonamides is 1. The molecule has 0 aliphatic heterocycles. The number of hydrogen-bond donors (Lipinski definition) is 2. The Bertz CT molecular complexity index is 863. The number of aliphatic carboxylic acids is 1. The fraction of sp³-hybridized carbons (Fsp3) is 0.591. The number of nitrogens with one attached hydrogen (secondary N) is 1. The molecule has 1 aromatic rings. The topological polar surface area (TPSA) is 83.5 Å². The molecule has 3 aliphatic carbocycles. The lowest BCUT2D eigenvalue weighted by Gasteiger charge is -2.62. The number of fused-ring (bicyclic) bond motifs is 2. The van der Waals surface area contributed by atoms with E-state index in [1.54, 1.807) is 24.3 Å². The number of rotatable bonds is 9. The Balaban J connectivity index is 1.68. The van der Waals surface area contributed by atoms with Gasteiger partial charge in [0, 0.05) is 16.9 Å². The summed E-state index contributed by atoms with van der Waals surface area (Å²) in [6.45, 7) is 4.60. The van der Waals surface area contributed by atoms with Crippen molar-refractivity contribution in [1.82, 2.24) is 4.72 Å². The molecule has 3 fully saturated rings. The monoisotopic (exact) mass is 483 g/mol. The molecule has 0 saturated heterocycles. The molecule has 4 rings (SSSR count). The lowest BCUT2D eigenvalue weighted by molar-refractivity contribution is -0.137. The minimum atomic E-state index is -3.56. The lowest BCUT2D eigenvalue weighted by Crippen LogP contribution is -2.61. The first-order chi connectivity index (χ1) is 13.6. The van der Waals surface area contributed by atoms with Crippen molar-refractivity contribution in [2.45, 2.75) is 63.3 Å². The summed E-state index contributed by atoms with van der Waals surface area (Å²) in [5, 5.41) is 8.73. The van der Waals surface area contributed by atoms with Crippen molar-refractivity contribution in [1.29, 1.82) is 0 Å². The maximum atomic E-state index is 12.9. The highest BCUT2D eigenvalue weighted by molar-refractivity contribution is 9.10. The third-order valence-corrected chi connectivity index (χ3v) is 8.92. The van der Waals surface area contributed by atoms with Crippen LogP contribution in [0.3, 0.4) is 0 Å². The maximum absolute atomic E-state index is 12.9. The summed E-state index contributed by atoms with van der Waals surface area (Å²) in [6, 6.07) is 6.67. The number of allylic oxidation sites excluding steroid dienone is 2. The molecular weight excluding hydrogens is 454 g/mol. The van der Waals surface area contributed by atoms with Gasteiger partial charge < -0.3 is 5.11 Å². The van der Waals surface area contributed by atoms with Crippen LogP contribution in [0.15, 0.2) is 45.8 Å². The second-order valence-electron chi connectivity index (χ2n) is 8.93. The maximum Gasteiger partial charge on any atom is 0.303 e. The summed E-state index contributed by atoms with van der Waals surface area (Å²) in [6.07, 6.45) is 8.57. The average Bonchev–Trinajstić information content (AvgIpc) is 2.64. The van der Waals surface area contributed by atoms with Gasteiger partial charge in [0.1, 0.15) is 0 Å². The quantitative estimate of drug-likeness (QED) is 0.383. The molecule has 3 aliphatic rings. The summed E-state index contributed by atoms with van der Waals surface area (Å²) in [5.74, 6) is 0.551. The van der Waals surface area contributed by atoms with E-state index in [0.29, 0.717) is 23.2 Å². The van der Waals surface area contributed by atoms with Crippen LogP contribution >= 0.6 is 15.9 Å². The molecule has 3 saturated carbocycles. The van der Waals surface area contributed by atoms with E-state index in [-0.39, 0.29) is 23.8 Å². The molecule has 1 aromatic carbocycles. The van der Waals surface area contributed by atoms with E-state index in [0.717, 1.165) is 23.7 Å². The smallest absolute Gasteiger partial charge is 0.303 e. The minimum Gasteiger partial charge on any atom is -0.481 e. The highest BCUT2D eigenvalue weighted by Gasteiger charge is 2.57. The third-order valence-electron chi connectivity index (χ3n) is 6.89. The van der Waals surface area contributed by atoms with E-state index < -0.39 is 16.0 Å². The van der Waals surface area contributed by atoms with Crippen LogP contribution < -0.4 is 4.72 Å². The van der Waals surface area contributed by atoms with Crippen LogP contribution in [0.2, 0.25) is 0 Å². The molecule has 0 radical (unpaired) electrons. The van der Waals surface area contributed by atoms with Crippen molar-refractivity contribution < 1.29 is 18.3 Å². The zero-order valence-corrected chi connectivity index (χ0v) is 19.4. The van der Waals surface area contributed by atoms with E-state index >= 15 is 0 Å². The summed E-state index contributed by atoms with van der Waals surface area (Å²) in [7, 11) is -3.56. The highest BCUT2D eigenvalue weighted by atomic mass is 79.9. The van der Waals surface area contributed by atoms with Gasteiger partial charge in [0.05, 0.1) is 4.90 Å². The molecule has 0 aromatic heterocycles. The largest absolute Gasteiger partial charge is 0.481 e. The Kier molecular flexibility index (Phi) is 6.91. The lowest BCUT2D eigenvalue weighted by atomic mass is 9.44. The number of carboxylic acids is 1. The van der Waals surface area contributed by atoms with Crippen molar-refractivity contribution >= 4 is 31.9 Å². The van der Waals surface area contributed by atoms with Crippen LogP contribution in [0.25, 0.3) is 0 Å². The van der Waals surface area contributed by atoms with Crippen LogP contribution in [-0.2, 0) is 14.8 Å². The van der Waals surface area contributed by atoms with Crippen molar-refractivity contribution in [2.75, 3.05) is 0 Å². The molecule has 2 bridgehead atoms. The molecule has 4 atom stereocenters. The molecule has 0 amide bonds. The van der Waals surface area contributed by atoms with E-state index in [4.69, 9.17) is 5.11 Å². The SMILES string of the molecule is CC1(C)C2C[C@H](NS(=O)(=O)c3ccc(Br)cc3)[C@@H](C/C=C\CCCC(=O)O)[C@@H]1C2. The van der Waals surface area contributed by atoms with E-state index in [9.17, 15) is 13.2 Å². The van der Waals surface area contributed by atoms with Gasteiger partial charge in [-0.15, -0.1) is 0 Å². The highest BCUT2D eigenvalue weighted by Crippen LogP contribution is 2.62. The molecule has 0 spiro atoms. The van der Waals surface area contributed by atoms with Crippen molar-refractivity contribution in [2.24, 2.45) is 23.2 Å². The molecule has 5 nitrogen and oxygen atoms in total. The van der Waals surface area contributed by atoms with Gasteiger partial charge in [0.2, 0.25) is 10.0 Å². The van der Waals surface area contributed by atoms with Gasteiger partial charge in [-0.05, 0) is 79.5 Å². The molecule has 7 heteroatoms. The zero-order chi connectivity index (χ0) is 21.2. The normalized spacial score (nSPS) is 28.2. The molecule has 160 valence electrons. The predicted octanol–water partition coefficient (Wildman–Crippen LogP) is 4.98. The van der Waals surface area contributed by atoms with Gasteiger partial charge in [0.25, 0.3) is 0 Å². The van der Waals surface area contributed by atoms with Crippen LogP contribution in [-0.4, -0.2) is 25.5 Å². The van der Waals surface area contributed by atoms with Crippen LogP contribution in [0.4, 0.5) is 0 Å². The number of carbonyl (C=O) groups is 1. The number of halogens is 1. The van der Waals surface area contributed by atoms with Gasteiger partial charge in [-0.25, -0.2) is 13.1 Å². The van der Waals surface area contributed by atoms with Crippen molar-refractivity contribution in [3.63, 3.8) is 0 Å². The van der Waals surface area contributed by atoms with E-state index in [2.05, 4.69) is 40.6 Å². The minimum absolute atomic E-state index is 0.0657. The number of carboxylic acid groups (broad SMARTS) is 1. The summed E-state index contributed by atoms with van der Waals surface area (Å²) >= 11 is 3.35. The summed E-state index contributed by atoms with van der Waals surface area (Å²) < 4.78 is 29.7. The Morgan fingerprint density at radius 1 is 1.24 bits per heavy atom. The van der Waals surface area contributed by atoms with Crippen molar-refractivity contribution in [3.8, 4) is 0 Å². The zero-order valence-electron chi connectivity index (χ0n) is 17.0. The molecular formula is C22H30BrNO4S. The third kappa shape index (κ3) is 5.12. The Labute approximate surface area is 182 Å². The fourth-order valence-electron chi connectivity index (χ4n) is 5.03. The first-order valence-corrected chi connectivity index (χ1v) is 12.5. The van der Waals surface area contributed by atoms with E-state index in [1.807, 2.05) is 6.08 Å². The second kappa shape index (κ2) is 8.90. The average molecular weight is 484 g/mol. The number of benzene rings is 1. The molecule has 0 heterocycles. The standard InChI is InChI=1S/C22H30BrNO4S/c1-22(2)15-13-19(22)18(7-5-3-4-6-8-21(25)26)20(14-15)24-29(27,28)17-11-9-16(23)10-12-17/h3,5,9-12,15,18-20,24H,4,6-8,13-14H2,1-2H3,(H,25,26)/b5-3-/t15?,18-,19-,20-/m0/s1. The first kappa shape index (κ1) is 22.5. The molecule has 1 unspecified atom stereocenters. The Hall–Kier alpha value is -1.18. The summed E-state index contributed by atoms with van der Waals surface area (Å²) in [5.41, 5.74) is 0.251. The second-order valence-corrected chi connectivity index (χ2v) is 11.6. The van der Waals surface area contributed by atoms with Crippen LogP contribution in [0.1, 0.15) is 52.4 Å². The van der Waals surface area contributed by atoms with Gasteiger partial charge in [-0.1, -0.05) is 41.9 Å². The van der Waals surface area contributed by atoms with Crippen LogP contribution in [0.5, 0.6) is 0 Å². The van der Waals surface area contributed by atoms with Crippen LogP contribution in [0, 0.1) is 23.2 Å². The molecule has 2 N–H and O–H groups in total. The summed E-state index contributed by atoms with van der Waals surface area (Å²) in [4.78, 5) is 10.9. The fourth-order valence-corrected chi connectivity index (χ4v) is 6.60. The number of hydrogen-bond acceptors (Lipinski definition) is 3. The van der Waals surface area contributed by atoms with Gasteiger partial charge in [-0.2, -0.15) is 0 Å². The first-order valence-electron chi connectivity index (χ1n) is 10.3. The van der Waals surface area contributed by atoms with Gasteiger partial charge >= 0.3 is 5.97 Å². The van der Waals surface area contributed by atoms with Gasteiger partial charge in [0.15, 0.2) is 0 Å². The Morgan fingerprint density at radius 3 is 2.55 bits per heavy atom. The molecule has 29 heavy (non-hydrogen) atoms.